The zero-order valence-corrected chi connectivity index (χ0v) is 26.6. The summed E-state index contributed by atoms with van der Waals surface area (Å²) in [5.74, 6) is -0.984. The van der Waals surface area contributed by atoms with E-state index in [0.29, 0.717) is 42.5 Å². The number of aromatic hydroxyl groups is 1. The summed E-state index contributed by atoms with van der Waals surface area (Å²) < 4.78 is 42.3. The van der Waals surface area contributed by atoms with Crippen LogP contribution in [0.4, 0.5) is 18.9 Å². The van der Waals surface area contributed by atoms with Crippen LogP contribution in [-0.4, -0.2) is 69.0 Å². The van der Waals surface area contributed by atoms with Gasteiger partial charge in [0, 0.05) is 47.7 Å². The number of anilines is 1. The molecule has 2 N–H and O–H groups in total. The Morgan fingerprint density at radius 2 is 1.82 bits per heavy atom. The van der Waals surface area contributed by atoms with E-state index in [9.17, 15) is 32.7 Å². The number of piperidine rings is 1. The fraction of sp³-hybridized carbons (Fsp3) is 0.312. The van der Waals surface area contributed by atoms with Crippen LogP contribution in [0.15, 0.2) is 53.8 Å². The third-order valence-electron chi connectivity index (χ3n) is 9.25. The van der Waals surface area contributed by atoms with Crippen LogP contribution in [0.1, 0.15) is 52.3 Å². The van der Waals surface area contributed by atoms with E-state index in [-0.39, 0.29) is 64.6 Å². The van der Waals surface area contributed by atoms with Gasteiger partial charge in [-0.3, -0.25) is 19.4 Å². The standard InChI is InChI=1S/C32H27ClF3N9O4/c1-17-26(47)25(39-16-38-17)29(49)43-12-8-31(9-13-43)7-4-22-24(31)28(48)45-30(41-27(42-45)18-5-10-37-11-6-18)44(22)15-23(46)40-21-3-2-19(14-20(21)33)32(34,35)36/h2-3,5-6,10-11,14,16,47H,4,7-9,12-13,15H2,1H3,(H,40,46). The molecule has 5 aromatic rings. The summed E-state index contributed by atoms with van der Waals surface area (Å²) in [5, 5.41) is 17.2. The lowest BCUT2D eigenvalue weighted by molar-refractivity contribution is -0.137. The Kier molecular flexibility index (Phi) is 7.84. The number of pyridine rings is 1. The topological polar surface area (TPSA) is 160 Å². The molecule has 0 radical (unpaired) electrons. The molecule has 5 heterocycles. The number of amides is 2. The van der Waals surface area contributed by atoms with Gasteiger partial charge in [-0.1, -0.05) is 11.6 Å². The monoisotopic (exact) mass is 693 g/mol. The largest absolute Gasteiger partial charge is 0.504 e. The van der Waals surface area contributed by atoms with Gasteiger partial charge in [-0.25, -0.2) is 9.97 Å². The number of carbonyl (C=O) groups is 2. The Bertz CT molecular complexity index is 2200. The number of carbonyl (C=O) groups excluding carboxylic acids is 2. The lowest BCUT2D eigenvalue weighted by atomic mass is 9.74. The number of hydrogen-bond acceptors (Lipinski definition) is 9. The molecule has 1 saturated heterocycles. The van der Waals surface area contributed by atoms with E-state index in [1.165, 1.54) is 10.8 Å². The highest BCUT2D eigenvalue weighted by molar-refractivity contribution is 6.33. The Hall–Kier alpha value is -5.38. The molecule has 49 heavy (non-hydrogen) atoms. The first-order valence-electron chi connectivity index (χ1n) is 15.3. The predicted octanol–water partition coefficient (Wildman–Crippen LogP) is 4.19. The van der Waals surface area contributed by atoms with E-state index >= 15 is 0 Å². The molecule has 1 aliphatic carbocycles. The molecule has 2 amide bonds. The average molecular weight is 694 g/mol. The van der Waals surface area contributed by atoms with Crippen LogP contribution in [0.5, 0.6) is 5.75 Å². The van der Waals surface area contributed by atoms with Crippen molar-refractivity contribution in [2.75, 3.05) is 18.4 Å². The molecule has 1 fully saturated rings. The van der Waals surface area contributed by atoms with Crippen molar-refractivity contribution < 1.29 is 27.9 Å². The molecule has 0 bridgehead atoms. The molecule has 0 atom stereocenters. The fourth-order valence-electron chi connectivity index (χ4n) is 6.70. The van der Waals surface area contributed by atoms with Gasteiger partial charge in [-0.15, -0.1) is 5.10 Å². The minimum absolute atomic E-state index is 0.00857. The van der Waals surface area contributed by atoms with Crippen LogP contribution in [0.25, 0.3) is 17.2 Å². The highest BCUT2D eigenvalue weighted by Crippen LogP contribution is 2.45. The Balaban J connectivity index is 1.24. The maximum Gasteiger partial charge on any atom is 0.416 e. The van der Waals surface area contributed by atoms with Crippen LogP contribution in [0.2, 0.25) is 5.02 Å². The van der Waals surface area contributed by atoms with Crippen molar-refractivity contribution >= 4 is 34.9 Å². The second-order valence-corrected chi connectivity index (χ2v) is 12.5. The Labute approximate surface area is 280 Å². The summed E-state index contributed by atoms with van der Waals surface area (Å²) >= 11 is 6.11. The number of fused-ring (bicyclic) bond motifs is 3. The number of alkyl halides is 3. The van der Waals surface area contributed by atoms with Gasteiger partial charge in [0.25, 0.3) is 11.5 Å². The van der Waals surface area contributed by atoms with E-state index in [2.05, 4.69) is 30.4 Å². The van der Waals surface area contributed by atoms with Crippen molar-refractivity contribution in [1.82, 2.24) is 39.0 Å². The number of halogens is 4. The van der Waals surface area contributed by atoms with E-state index in [4.69, 9.17) is 11.6 Å². The minimum Gasteiger partial charge on any atom is -0.504 e. The lowest BCUT2D eigenvalue weighted by Gasteiger charge is -2.39. The van der Waals surface area contributed by atoms with Gasteiger partial charge >= 0.3 is 6.18 Å². The molecule has 2 aliphatic rings. The van der Waals surface area contributed by atoms with E-state index in [0.717, 1.165) is 18.2 Å². The summed E-state index contributed by atoms with van der Waals surface area (Å²) in [7, 11) is 0. The van der Waals surface area contributed by atoms with Gasteiger partial charge in [0.05, 0.1) is 22.0 Å². The van der Waals surface area contributed by atoms with Crippen LogP contribution in [0.3, 0.4) is 0 Å². The summed E-state index contributed by atoms with van der Waals surface area (Å²) in [6.45, 7) is 1.79. The van der Waals surface area contributed by atoms with E-state index in [1.54, 1.807) is 40.9 Å². The summed E-state index contributed by atoms with van der Waals surface area (Å²) in [6, 6.07) is 6.01. The molecule has 1 aliphatic heterocycles. The number of rotatable bonds is 5. The molecule has 1 spiro atoms. The third kappa shape index (κ3) is 5.64. The van der Waals surface area contributed by atoms with Crippen molar-refractivity contribution in [1.29, 1.82) is 0 Å². The normalized spacial score (nSPS) is 15.5. The van der Waals surface area contributed by atoms with Crippen molar-refractivity contribution in [2.24, 2.45) is 0 Å². The highest BCUT2D eigenvalue weighted by atomic mass is 35.5. The number of aryl methyl sites for hydroxylation is 1. The van der Waals surface area contributed by atoms with Crippen molar-refractivity contribution in [3.8, 4) is 17.1 Å². The van der Waals surface area contributed by atoms with E-state index in [1.807, 2.05) is 0 Å². The second-order valence-electron chi connectivity index (χ2n) is 12.1. The van der Waals surface area contributed by atoms with Gasteiger partial charge in [-0.2, -0.15) is 22.7 Å². The molecular weight excluding hydrogens is 667 g/mol. The quantitative estimate of drug-likeness (QED) is 0.275. The number of nitrogens with one attached hydrogen (secondary N) is 1. The lowest BCUT2D eigenvalue weighted by Crippen LogP contribution is -2.46. The maximum absolute atomic E-state index is 14.2. The third-order valence-corrected chi connectivity index (χ3v) is 9.56. The molecular formula is C32H27ClF3N9O4. The Morgan fingerprint density at radius 1 is 1.08 bits per heavy atom. The smallest absolute Gasteiger partial charge is 0.416 e. The second kappa shape index (κ2) is 11.9. The van der Waals surface area contributed by atoms with Crippen LogP contribution < -0.4 is 10.9 Å². The van der Waals surface area contributed by atoms with E-state index < -0.39 is 29.0 Å². The first-order valence-corrected chi connectivity index (χ1v) is 15.6. The first-order chi connectivity index (χ1) is 23.4. The van der Waals surface area contributed by atoms with Gasteiger partial charge < -0.3 is 19.9 Å². The highest BCUT2D eigenvalue weighted by Gasteiger charge is 2.46. The summed E-state index contributed by atoms with van der Waals surface area (Å²) in [6.07, 6.45) is 1.56. The SMILES string of the molecule is Cc1ncnc(C(=O)N2CCC3(CCc4c3c(=O)n3nc(-c5ccncc5)nc3n4CC(=O)Nc3ccc(C(F)(F)F)cc3Cl)CC2)c1O. The van der Waals surface area contributed by atoms with Crippen molar-refractivity contribution in [3.05, 3.63) is 92.6 Å². The molecule has 7 rings (SSSR count). The van der Waals surface area contributed by atoms with Crippen LogP contribution >= 0.6 is 11.6 Å². The van der Waals surface area contributed by atoms with Gasteiger partial charge in [0.1, 0.15) is 12.9 Å². The molecule has 17 heteroatoms. The van der Waals surface area contributed by atoms with Crippen LogP contribution in [0, 0.1) is 6.92 Å². The maximum atomic E-state index is 14.2. The molecule has 0 saturated carbocycles. The number of hydrogen-bond donors (Lipinski definition) is 2. The zero-order chi connectivity index (χ0) is 34.7. The minimum atomic E-state index is -4.61. The average Bonchev–Trinajstić information content (AvgIpc) is 3.69. The Morgan fingerprint density at radius 3 is 2.51 bits per heavy atom. The molecule has 13 nitrogen and oxygen atoms in total. The zero-order valence-electron chi connectivity index (χ0n) is 25.8. The molecule has 252 valence electrons. The van der Waals surface area contributed by atoms with Crippen LogP contribution in [-0.2, 0) is 29.4 Å². The molecule has 4 aromatic heterocycles. The van der Waals surface area contributed by atoms with Gasteiger partial charge in [0.2, 0.25) is 11.7 Å². The van der Waals surface area contributed by atoms with Gasteiger partial charge in [-0.05, 0) is 62.9 Å². The predicted molar refractivity (Wildman–Crippen MR) is 169 cm³/mol. The molecule has 1 aromatic carbocycles. The van der Waals surface area contributed by atoms with Crippen molar-refractivity contribution in [3.63, 3.8) is 0 Å². The molecule has 0 unspecified atom stereocenters. The number of aromatic nitrogens is 7. The van der Waals surface area contributed by atoms with Crippen molar-refractivity contribution in [2.45, 2.75) is 50.7 Å². The number of nitrogens with zero attached hydrogens (tertiary/aromatic N) is 8. The summed E-state index contributed by atoms with van der Waals surface area (Å²) in [4.78, 5) is 59.1. The fourth-order valence-corrected chi connectivity index (χ4v) is 6.93. The number of benzene rings is 1. The first kappa shape index (κ1) is 32.2. The number of likely N-dealkylation sites (tertiary alicyclic amines) is 1. The van der Waals surface area contributed by atoms with Gasteiger partial charge in [0.15, 0.2) is 17.3 Å². The summed E-state index contributed by atoms with van der Waals surface area (Å²) in [5.41, 5.74) is -0.149.